The molecule has 0 spiro atoms. The Hall–Kier alpha value is 0.700. The van der Waals surface area contributed by atoms with Crippen LogP contribution in [0.2, 0.25) is 0 Å². The summed E-state index contributed by atoms with van der Waals surface area (Å²) in [5, 5.41) is 0. The van der Waals surface area contributed by atoms with E-state index in [2.05, 4.69) is 37.4 Å². The van der Waals surface area contributed by atoms with Crippen molar-refractivity contribution in [3.63, 3.8) is 0 Å². The summed E-state index contributed by atoms with van der Waals surface area (Å²) in [5.74, 6) is 5.32. The van der Waals surface area contributed by atoms with Gasteiger partial charge in [-0.2, -0.15) is 23.5 Å². The fourth-order valence-electron chi connectivity index (χ4n) is 1.23. The zero-order valence-electron chi connectivity index (χ0n) is 9.18. The Kier molecular flexibility index (Phi) is 13.4. The first-order valence-corrected chi connectivity index (χ1v) is 7.88. The maximum atomic E-state index is 2.24. The van der Waals surface area contributed by atoms with Crippen LogP contribution in [0.25, 0.3) is 0 Å². The van der Waals surface area contributed by atoms with Crippen molar-refractivity contribution in [2.45, 2.75) is 46.0 Å². The fraction of sp³-hybridized carbons (Fsp3) is 1.00. The second-order valence-corrected chi connectivity index (χ2v) is 5.95. The summed E-state index contributed by atoms with van der Waals surface area (Å²) in [5.41, 5.74) is 0. The maximum Gasteiger partial charge on any atom is -0.00676 e. The van der Waals surface area contributed by atoms with Gasteiger partial charge in [0.1, 0.15) is 0 Å². The molecule has 0 fully saturated rings. The molecule has 0 aliphatic heterocycles. The summed E-state index contributed by atoms with van der Waals surface area (Å²) in [6.45, 7) is 4.49. The Bertz CT molecular complexity index is 74.2. The van der Waals surface area contributed by atoms with Crippen LogP contribution in [0.1, 0.15) is 46.0 Å². The van der Waals surface area contributed by atoms with E-state index in [1.807, 2.05) is 0 Å². The minimum Gasteiger partial charge on any atom is -0.162 e. The average molecular weight is 220 g/mol. The summed E-state index contributed by atoms with van der Waals surface area (Å²) in [6.07, 6.45) is 7.21. The second-order valence-electron chi connectivity index (χ2n) is 3.16. The SMILES string of the molecule is CCSCCCCCCCSCC. The smallest absolute Gasteiger partial charge is 0.00676 e. The molecule has 0 amide bonds. The lowest BCUT2D eigenvalue weighted by Gasteiger charge is -2.00. The van der Waals surface area contributed by atoms with Crippen molar-refractivity contribution in [2.75, 3.05) is 23.0 Å². The Morgan fingerprint density at radius 2 is 1.00 bits per heavy atom. The summed E-state index contributed by atoms with van der Waals surface area (Å²) in [6, 6.07) is 0. The van der Waals surface area contributed by atoms with Gasteiger partial charge in [-0.15, -0.1) is 0 Å². The van der Waals surface area contributed by atoms with E-state index in [9.17, 15) is 0 Å². The minimum absolute atomic E-state index is 1.28. The molecule has 0 rings (SSSR count). The molecule has 0 bridgehead atoms. The minimum atomic E-state index is 1.28. The van der Waals surface area contributed by atoms with Crippen LogP contribution in [0.4, 0.5) is 0 Å². The molecule has 2 heteroatoms. The standard InChI is InChI=1S/C11H24S2/c1-3-12-10-8-6-5-7-9-11-13-4-2/h3-11H2,1-2H3. The van der Waals surface area contributed by atoms with Gasteiger partial charge in [0.15, 0.2) is 0 Å². The molecule has 0 nitrogen and oxygen atoms in total. The molecular formula is C11H24S2. The third kappa shape index (κ3) is 12.7. The molecule has 0 radical (unpaired) electrons. The fourth-order valence-corrected chi connectivity index (χ4v) is 2.62. The van der Waals surface area contributed by atoms with Crippen molar-refractivity contribution < 1.29 is 0 Å². The summed E-state index contributed by atoms with van der Waals surface area (Å²) >= 11 is 4.15. The molecular weight excluding hydrogens is 196 g/mol. The monoisotopic (exact) mass is 220 g/mol. The third-order valence-corrected chi connectivity index (χ3v) is 3.96. The lowest BCUT2D eigenvalue weighted by Crippen LogP contribution is -1.85. The lowest BCUT2D eigenvalue weighted by molar-refractivity contribution is 0.662. The predicted octanol–water partition coefficient (Wildman–Crippen LogP) is 4.44. The van der Waals surface area contributed by atoms with Crippen molar-refractivity contribution in [1.82, 2.24) is 0 Å². The zero-order chi connectivity index (χ0) is 9.78. The van der Waals surface area contributed by atoms with Gasteiger partial charge in [0.25, 0.3) is 0 Å². The number of hydrogen-bond donors (Lipinski definition) is 0. The maximum absolute atomic E-state index is 2.24. The van der Waals surface area contributed by atoms with Crippen LogP contribution in [-0.2, 0) is 0 Å². The van der Waals surface area contributed by atoms with E-state index in [1.165, 1.54) is 55.1 Å². The predicted molar refractivity (Wildman–Crippen MR) is 69.1 cm³/mol. The highest BCUT2D eigenvalue weighted by atomic mass is 32.2. The number of rotatable bonds is 10. The van der Waals surface area contributed by atoms with Crippen molar-refractivity contribution >= 4 is 23.5 Å². The van der Waals surface area contributed by atoms with E-state index in [0.717, 1.165) is 0 Å². The van der Waals surface area contributed by atoms with Gasteiger partial charge in [0, 0.05) is 0 Å². The van der Waals surface area contributed by atoms with E-state index in [-0.39, 0.29) is 0 Å². The second kappa shape index (κ2) is 12.7. The van der Waals surface area contributed by atoms with E-state index in [0.29, 0.717) is 0 Å². The first kappa shape index (κ1) is 13.7. The first-order chi connectivity index (χ1) is 6.41. The normalized spacial score (nSPS) is 10.6. The van der Waals surface area contributed by atoms with Crippen molar-refractivity contribution in [3.8, 4) is 0 Å². The molecule has 0 aromatic carbocycles. The van der Waals surface area contributed by atoms with Gasteiger partial charge in [-0.3, -0.25) is 0 Å². The molecule has 13 heavy (non-hydrogen) atoms. The molecule has 0 aromatic heterocycles. The Morgan fingerprint density at radius 1 is 0.615 bits per heavy atom. The highest BCUT2D eigenvalue weighted by molar-refractivity contribution is 7.99. The van der Waals surface area contributed by atoms with Crippen LogP contribution in [0.5, 0.6) is 0 Å². The molecule has 80 valence electrons. The third-order valence-electron chi connectivity index (χ3n) is 1.99. The van der Waals surface area contributed by atoms with Crippen LogP contribution in [0.3, 0.4) is 0 Å². The Balaban J connectivity index is 2.76. The topological polar surface area (TPSA) is 0 Å². The first-order valence-electron chi connectivity index (χ1n) is 5.57. The van der Waals surface area contributed by atoms with Crippen LogP contribution < -0.4 is 0 Å². The molecule has 0 saturated carbocycles. The lowest BCUT2D eigenvalue weighted by atomic mass is 10.2. The number of hydrogen-bond acceptors (Lipinski definition) is 2. The number of unbranched alkanes of at least 4 members (excludes halogenated alkanes) is 4. The zero-order valence-corrected chi connectivity index (χ0v) is 10.8. The molecule has 0 atom stereocenters. The van der Waals surface area contributed by atoms with Gasteiger partial charge in [-0.05, 0) is 35.9 Å². The van der Waals surface area contributed by atoms with Crippen LogP contribution in [0.15, 0.2) is 0 Å². The van der Waals surface area contributed by atoms with E-state index in [1.54, 1.807) is 0 Å². The molecule has 0 N–H and O–H groups in total. The highest BCUT2D eigenvalue weighted by Crippen LogP contribution is 2.10. The molecule has 0 unspecified atom stereocenters. The van der Waals surface area contributed by atoms with Gasteiger partial charge in [0.2, 0.25) is 0 Å². The van der Waals surface area contributed by atoms with Gasteiger partial charge in [-0.1, -0.05) is 33.1 Å². The Labute approximate surface area is 92.6 Å². The number of thioether (sulfide) groups is 2. The van der Waals surface area contributed by atoms with Gasteiger partial charge < -0.3 is 0 Å². The molecule has 0 saturated heterocycles. The van der Waals surface area contributed by atoms with E-state index >= 15 is 0 Å². The van der Waals surface area contributed by atoms with E-state index in [4.69, 9.17) is 0 Å². The van der Waals surface area contributed by atoms with Crippen LogP contribution in [-0.4, -0.2) is 23.0 Å². The molecule has 0 aromatic rings. The summed E-state index contributed by atoms with van der Waals surface area (Å²) < 4.78 is 0. The van der Waals surface area contributed by atoms with Crippen LogP contribution >= 0.6 is 23.5 Å². The van der Waals surface area contributed by atoms with Crippen molar-refractivity contribution in [2.24, 2.45) is 0 Å². The average Bonchev–Trinajstić information content (AvgIpc) is 2.16. The van der Waals surface area contributed by atoms with Crippen LogP contribution in [0, 0.1) is 0 Å². The summed E-state index contributed by atoms with van der Waals surface area (Å²) in [7, 11) is 0. The molecule has 0 aliphatic carbocycles. The van der Waals surface area contributed by atoms with Crippen molar-refractivity contribution in [1.29, 1.82) is 0 Å². The van der Waals surface area contributed by atoms with Crippen molar-refractivity contribution in [3.05, 3.63) is 0 Å². The van der Waals surface area contributed by atoms with Gasteiger partial charge >= 0.3 is 0 Å². The quantitative estimate of drug-likeness (QED) is 0.499. The Morgan fingerprint density at radius 3 is 1.38 bits per heavy atom. The van der Waals surface area contributed by atoms with Gasteiger partial charge in [0.05, 0.1) is 0 Å². The summed E-state index contributed by atoms with van der Waals surface area (Å²) in [4.78, 5) is 0. The van der Waals surface area contributed by atoms with Gasteiger partial charge in [-0.25, -0.2) is 0 Å². The highest BCUT2D eigenvalue weighted by Gasteiger charge is 1.91. The molecule has 0 heterocycles. The van der Waals surface area contributed by atoms with E-state index < -0.39 is 0 Å². The molecule has 0 aliphatic rings. The largest absolute Gasteiger partial charge is 0.162 e.